The number of halogens is 1. The maximum absolute atomic E-state index is 11.1. The molecule has 0 spiro atoms. The van der Waals surface area contributed by atoms with E-state index in [0.29, 0.717) is 4.60 Å². The number of hydrogen-bond donors (Lipinski definition) is 2. The van der Waals surface area contributed by atoms with Gasteiger partial charge in [0.1, 0.15) is 0 Å². The number of carbonyl (C=O) groups is 1. The van der Waals surface area contributed by atoms with Crippen molar-refractivity contribution in [3.05, 3.63) is 22.4 Å². The summed E-state index contributed by atoms with van der Waals surface area (Å²) in [7, 11) is -3.49. The van der Waals surface area contributed by atoms with Crippen LogP contribution in [-0.2, 0) is 10.0 Å². The lowest BCUT2D eigenvalue weighted by molar-refractivity contribution is 0.0982. The highest BCUT2D eigenvalue weighted by molar-refractivity contribution is 9.10. The Labute approximate surface area is 83.7 Å². The van der Waals surface area contributed by atoms with Crippen LogP contribution in [0.4, 0.5) is 0 Å². The van der Waals surface area contributed by atoms with E-state index >= 15 is 0 Å². The van der Waals surface area contributed by atoms with E-state index in [1.165, 1.54) is 12.3 Å². The highest BCUT2D eigenvalue weighted by atomic mass is 79.9. The lowest BCUT2D eigenvalue weighted by Gasteiger charge is -1.98. The van der Waals surface area contributed by atoms with Gasteiger partial charge in [-0.15, -0.1) is 0 Å². The van der Waals surface area contributed by atoms with Crippen LogP contribution in [0.15, 0.2) is 16.9 Å². The normalized spacial score (nSPS) is 11.2. The molecule has 1 heterocycles. The Kier molecular flexibility index (Phi) is 2.77. The molecule has 0 aliphatic rings. The first-order chi connectivity index (χ1) is 5.88. The van der Waals surface area contributed by atoms with Crippen molar-refractivity contribution in [2.75, 3.05) is 6.26 Å². The number of sulfonamides is 1. The topological polar surface area (TPSA) is 79.0 Å². The van der Waals surface area contributed by atoms with E-state index in [4.69, 9.17) is 0 Å². The van der Waals surface area contributed by atoms with Crippen molar-refractivity contribution in [1.82, 2.24) is 9.71 Å². The summed E-state index contributed by atoms with van der Waals surface area (Å²) in [6.45, 7) is 0. The minimum atomic E-state index is -3.49. The summed E-state index contributed by atoms with van der Waals surface area (Å²) < 4.78 is 23.8. The molecule has 1 amide bonds. The first-order valence-electron chi connectivity index (χ1n) is 3.24. The molecule has 72 valence electrons. The first-order valence-corrected chi connectivity index (χ1v) is 5.93. The molecule has 0 aliphatic heterocycles. The molecule has 1 aromatic heterocycles. The average molecular weight is 267 g/mol. The third kappa shape index (κ3) is 3.19. The van der Waals surface area contributed by atoms with E-state index < -0.39 is 15.9 Å². The zero-order valence-corrected chi connectivity index (χ0v) is 9.07. The van der Waals surface area contributed by atoms with Crippen molar-refractivity contribution in [2.24, 2.45) is 0 Å². The van der Waals surface area contributed by atoms with Crippen molar-refractivity contribution in [1.29, 1.82) is 0 Å². The molecule has 0 aromatic carbocycles. The van der Waals surface area contributed by atoms with E-state index in [0.717, 1.165) is 6.26 Å². The zero-order chi connectivity index (χ0) is 10.1. The van der Waals surface area contributed by atoms with Crippen molar-refractivity contribution in [3.8, 4) is 0 Å². The van der Waals surface area contributed by atoms with Gasteiger partial charge in [-0.05, 0) is 22.0 Å². The van der Waals surface area contributed by atoms with E-state index in [9.17, 15) is 13.2 Å². The Balaban J connectivity index is 2.81. The molecule has 0 fully saturated rings. The second-order valence-electron chi connectivity index (χ2n) is 2.44. The van der Waals surface area contributed by atoms with Gasteiger partial charge in [-0.2, -0.15) is 0 Å². The Morgan fingerprint density at radius 3 is 2.62 bits per heavy atom. The molecule has 2 N–H and O–H groups in total. The highest BCUT2D eigenvalue weighted by Crippen LogP contribution is 2.09. The molecule has 0 saturated heterocycles. The second-order valence-corrected chi connectivity index (χ2v) is 5.04. The van der Waals surface area contributed by atoms with E-state index in [1.807, 2.05) is 4.72 Å². The number of rotatable bonds is 2. The van der Waals surface area contributed by atoms with Crippen LogP contribution in [-0.4, -0.2) is 25.6 Å². The Hall–Kier alpha value is -0.820. The Morgan fingerprint density at radius 2 is 2.23 bits per heavy atom. The van der Waals surface area contributed by atoms with Gasteiger partial charge in [0.2, 0.25) is 10.0 Å². The Morgan fingerprint density at radius 1 is 1.62 bits per heavy atom. The fourth-order valence-electron chi connectivity index (χ4n) is 0.725. The number of H-pyrrole nitrogens is 1. The van der Waals surface area contributed by atoms with Gasteiger partial charge in [0.05, 0.1) is 16.4 Å². The quantitative estimate of drug-likeness (QED) is 0.817. The molecule has 1 rings (SSSR count). The lowest BCUT2D eigenvalue weighted by Crippen LogP contribution is -2.28. The number of nitrogens with one attached hydrogen (secondary N) is 2. The van der Waals surface area contributed by atoms with Crippen molar-refractivity contribution < 1.29 is 13.2 Å². The molecular weight excluding hydrogens is 260 g/mol. The van der Waals surface area contributed by atoms with Crippen LogP contribution in [0.25, 0.3) is 0 Å². The van der Waals surface area contributed by atoms with Crippen LogP contribution in [0.3, 0.4) is 0 Å². The van der Waals surface area contributed by atoms with Crippen LogP contribution < -0.4 is 4.72 Å². The number of carbonyl (C=O) groups excluding carboxylic acids is 1. The summed E-state index contributed by atoms with van der Waals surface area (Å²) in [6.07, 6.45) is 2.33. The maximum atomic E-state index is 11.1. The van der Waals surface area contributed by atoms with Gasteiger partial charge in [-0.1, -0.05) is 0 Å². The van der Waals surface area contributed by atoms with Crippen molar-refractivity contribution in [3.63, 3.8) is 0 Å². The number of hydrogen-bond acceptors (Lipinski definition) is 3. The minimum absolute atomic E-state index is 0.261. The summed E-state index contributed by atoms with van der Waals surface area (Å²) in [5.41, 5.74) is 0.261. The lowest BCUT2D eigenvalue weighted by atomic mass is 10.3. The van der Waals surface area contributed by atoms with E-state index in [2.05, 4.69) is 20.9 Å². The summed E-state index contributed by atoms with van der Waals surface area (Å²) in [5, 5.41) is 0. The number of aromatic nitrogens is 1. The minimum Gasteiger partial charge on any atom is -0.355 e. The van der Waals surface area contributed by atoms with E-state index in [1.54, 1.807) is 0 Å². The molecule has 13 heavy (non-hydrogen) atoms. The van der Waals surface area contributed by atoms with Crippen LogP contribution in [0, 0.1) is 0 Å². The van der Waals surface area contributed by atoms with Crippen LogP contribution in [0.2, 0.25) is 0 Å². The molecule has 0 saturated carbocycles. The fraction of sp³-hybridized carbons (Fsp3) is 0.167. The molecule has 0 bridgehead atoms. The molecule has 0 aliphatic carbocycles. The smallest absolute Gasteiger partial charge is 0.266 e. The van der Waals surface area contributed by atoms with Gasteiger partial charge in [0.25, 0.3) is 5.91 Å². The van der Waals surface area contributed by atoms with E-state index in [-0.39, 0.29) is 5.56 Å². The first kappa shape index (κ1) is 10.3. The molecule has 0 radical (unpaired) electrons. The largest absolute Gasteiger partial charge is 0.355 e. The molecular formula is C6H7BrN2O3S. The van der Waals surface area contributed by atoms with Crippen LogP contribution >= 0.6 is 15.9 Å². The third-order valence-corrected chi connectivity index (χ3v) is 2.20. The fourth-order valence-corrected chi connectivity index (χ4v) is 1.54. The second kappa shape index (κ2) is 3.51. The summed E-state index contributed by atoms with van der Waals surface area (Å²) in [6, 6.07) is 1.49. The SMILES string of the molecule is CS(=O)(=O)NC(=O)c1c[nH]c(Br)c1. The van der Waals surface area contributed by atoms with Gasteiger partial charge >= 0.3 is 0 Å². The monoisotopic (exact) mass is 266 g/mol. The molecule has 7 heteroatoms. The summed E-state index contributed by atoms with van der Waals surface area (Å²) in [5.74, 6) is -0.649. The van der Waals surface area contributed by atoms with Crippen molar-refractivity contribution in [2.45, 2.75) is 0 Å². The van der Waals surface area contributed by atoms with Crippen LogP contribution in [0.1, 0.15) is 10.4 Å². The molecule has 0 atom stereocenters. The van der Waals surface area contributed by atoms with Gasteiger partial charge < -0.3 is 4.98 Å². The highest BCUT2D eigenvalue weighted by Gasteiger charge is 2.11. The Bertz CT molecular complexity index is 423. The average Bonchev–Trinajstić information content (AvgIpc) is 2.31. The van der Waals surface area contributed by atoms with Crippen molar-refractivity contribution >= 4 is 31.9 Å². The van der Waals surface area contributed by atoms with Gasteiger partial charge in [-0.25, -0.2) is 13.1 Å². The predicted octanol–water partition coefficient (Wildman–Crippen LogP) is 0.467. The predicted molar refractivity (Wildman–Crippen MR) is 50.8 cm³/mol. The van der Waals surface area contributed by atoms with Gasteiger partial charge in [-0.3, -0.25) is 4.79 Å². The number of amides is 1. The standard InChI is InChI=1S/C6H7BrN2O3S/c1-13(11,12)9-6(10)4-2-5(7)8-3-4/h2-3,8H,1H3,(H,9,10). The molecule has 1 aromatic rings. The van der Waals surface area contributed by atoms with Gasteiger partial charge in [0.15, 0.2) is 0 Å². The van der Waals surface area contributed by atoms with Crippen LogP contribution in [0.5, 0.6) is 0 Å². The maximum Gasteiger partial charge on any atom is 0.266 e. The number of aromatic amines is 1. The summed E-state index contributed by atoms with van der Waals surface area (Å²) >= 11 is 3.10. The van der Waals surface area contributed by atoms with Gasteiger partial charge in [0, 0.05) is 6.20 Å². The summed E-state index contributed by atoms with van der Waals surface area (Å²) in [4.78, 5) is 13.8. The molecule has 0 unspecified atom stereocenters. The molecule has 5 nitrogen and oxygen atoms in total. The zero-order valence-electron chi connectivity index (χ0n) is 6.67. The third-order valence-electron chi connectivity index (χ3n) is 1.19.